The predicted octanol–water partition coefficient (Wildman–Crippen LogP) is 5.54. The molecule has 0 aliphatic carbocycles. The van der Waals surface area contributed by atoms with Crippen molar-refractivity contribution in [1.29, 1.82) is 0 Å². The van der Waals surface area contributed by atoms with Crippen LogP contribution in [0.25, 0.3) is 0 Å². The van der Waals surface area contributed by atoms with Crippen molar-refractivity contribution in [1.82, 2.24) is 0 Å². The van der Waals surface area contributed by atoms with E-state index < -0.39 is 54.9 Å². The van der Waals surface area contributed by atoms with Crippen LogP contribution < -0.4 is 9.47 Å². The Hall–Kier alpha value is -2.33. The highest BCUT2D eigenvalue weighted by molar-refractivity contribution is 7.85. The van der Waals surface area contributed by atoms with Gasteiger partial charge in [0.25, 0.3) is 0 Å². The van der Waals surface area contributed by atoms with Gasteiger partial charge in [0, 0.05) is 11.1 Å². The van der Waals surface area contributed by atoms with Gasteiger partial charge in [0.15, 0.2) is 11.6 Å². The molecule has 0 fully saturated rings. The van der Waals surface area contributed by atoms with Crippen molar-refractivity contribution in [3.05, 3.63) is 46.5 Å². The monoisotopic (exact) mass is 463 g/mol. The van der Waals surface area contributed by atoms with E-state index in [1.807, 2.05) is 0 Å². The third-order valence-electron chi connectivity index (χ3n) is 4.55. The van der Waals surface area contributed by atoms with E-state index in [0.29, 0.717) is 16.9 Å². The SMILES string of the molecule is COc1cc(C(C)(C)C)c(Oc2c(F)c(F)c(S(=O)(=O)[O-])c(F)c2F)c(C(C)(C)C)c1. The van der Waals surface area contributed by atoms with Crippen molar-refractivity contribution >= 4 is 10.1 Å². The average molecular weight is 463 g/mol. The largest absolute Gasteiger partial charge is 0.744 e. The van der Waals surface area contributed by atoms with Gasteiger partial charge in [-0.3, -0.25) is 0 Å². The van der Waals surface area contributed by atoms with Crippen LogP contribution in [-0.2, 0) is 20.9 Å². The van der Waals surface area contributed by atoms with Gasteiger partial charge in [0.05, 0.1) is 7.11 Å². The lowest BCUT2D eigenvalue weighted by atomic mass is 9.79. The molecule has 0 saturated carbocycles. The van der Waals surface area contributed by atoms with Gasteiger partial charge >= 0.3 is 0 Å². The number of ether oxygens (including phenoxy) is 2. The summed E-state index contributed by atoms with van der Waals surface area (Å²) in [5, 5.41) is 0. The fourth-order valence-electron chi connectivity index (χ4n) is 2.95. The molecule has 0 N–H and O–H groups in total. The van der Waals surface area contributed by atoms with E-state index in [1.54, 1.807) is 53.7 Å². The number of halogens is 4. The Bertz CT molecular complexity index is 1070. The predicted molar refractivity (Wildman–Crippen MR) is 105 cm³/mol. The minimum Gasteiger partial charge on any atom is -0.744 e. The van der Waals surface area contributed by atoms with Crippen molar-refractivity contribution in [2.45, 2.75) is 57.3 Å². The molecule has 31 heavy (non-hydrogen) atoms. The first-order valence-corrected chi connectivity index (χ1v) is 10.5. The van der Waals surface area contributed by atoms with Crippen LogP contribution >= 0.6 is 0 Å². The molecule has 0 aromatic heterocycles. The molecule has 0 radical (unpaired) electrons. The first-order valence-electron chi connectivity index (χ1n) is 9.14. The van der Waals surface area contributed by atoms with Crippen molar-refractivity contribution in [3.63, 3.8) is 0 Å². The van der Waals surface area contributed by atoms with Gasteiger partial charge in [0.2, 0.25) is 17.4 Å². The highest BCUT2D eigenvalue weighted by Crippen LogP contribution is 2.46. The van der Waals surface area contributed by atoms with E-state index in [1.165, 1.54) is 7.11 Å². The maximum atomic E-state index is 14.6. The van der Waals surface area contributed by atoms with E-state index >= 15 is 0 Å². The quantitative estimate of drug-likeness (QED) is 0.338. The van der Waals surface area contributed by atoms with Crippen LogP contribution in [-0.4, -0.2) is 20.1 Å². The molecule has 0 amide bonds. The van der Waals surface area contributed by atoms with Gasteiger partial charge in [-0.05, 0) is 23.0 Å². The summed E-state index contributed by atoms with van der Waals surface area (Å²) in [7, 11) is -4.39. The number of hydrogen-bond donors (Lipinski definition) is 0. The molecule has 0 spiro atoms. The van der Waals surface area contributed by atoms with Crippen LogP contribution in [0.2, 0.25) is 0 Å². The maximum Gasteiger partial charge on any atom is 0.205 e. The zero-order chi connectivity index (χ0) is 24.1. The van der Waals surface area contributed by atoms with E-state index in [-0.39, 0.29) is 5.75 Å². The Balaban J connectivity index is 2.92. The highest BCUT2D eigenvalue weighted by atomic mass is 32.2. The number of hydrogen-bond acceptors (Lipinski definition) is 5. The summed E-state index contributed by atoms with van der Waals surface area (Å²) in [6.45, 7) is 10.7. The molecule has 2 aromatic carbocycles. The van der Waals surface area contributed by atoms with Gasteiger partial charge in [-0.1, -0.05) is 41.5 Å². The summed E-state index contributed by atoms with van der Waals surface area (Å²) in [6.07, 6.45) is 0. The topological polar surface area (TPSA) is 75.7 Å². The lowest BCUT2D eigenvalue weighted by Crippen LogP contribution is -2.20. The lowest BCUT2D eigenvalue weighted by Gasteiger charge is -2.30. The van der Waals surface area contributed by atoms with Gasteiger partial charge in [-0.2, -0.15) is 8.78 Å². The summed E-state index contributed by atoms with van der Waals surface area (Å²) in [6, 6.07) is 3.12. The van der Waals surface area contributed by atoms with E-state index in [2.05, 4.69) is 0 Å². The first kappa shape index (κ1) is 24.9. The Morgan fingerprint density at radius 3 is 1.45 bits per heavy atom. The standard InChI is InChI=1S/C21H24F4O5S/c1-20(2,3)11-8-10(29-7)9-12(21(4,5)6)17(11)30-18-13(22)15(24)19(31(26,27)28)16(25)14(18)23/h8-9H,1-7H3,(H,26,27,28)/p-1. The molecule has 172 valence electrons. The second-order valence-electron chi connectivity index (χ2n) is 9.02. The smallest absolute Gasteiger partial charge is 0.205 e. The molecular formula is C21H23F4O5S-. The van der Waals surface area contributed by atoms with Gasteiger partial charge in [0.1, 0.15) is 26.5 Å². The molecule has 0 aliphatic heterocycles. The molecule has 0 atom stereocenters. The van der Waals surface area contributed by atoms with Gasteiger partial charge in [-0.25, -0.2) is 17.2 Å². The molecule has 0 bridgehead atoms. The number of methoxy groups -OCH3 is 1. The van der Waals surface area contributed by atoms with E-state index in [4.69, 9.17) is 9.47 Å². The van der Waals surface area contributed by atoms with Crippen molar-refractivity contribution < 1.29 is 40.0 Å². The van der Waals surface area contributed by atoms with E-state index in [9.17, 15) is 30.5 Å². The van der Waals surface area contributed by atoms with Crippen molar-refractivity contribution in [3.8, 4) is 17.2 Å². The Labute approximate surface area is 178 Å². The Kier molecular flexibility index (Phi) is 6.42. The molecule has 0 aliphatic rings. The minimum absolute atomic E-state index is 0.0740. The Morgan fingerprint density at radius 2 is 1.16 bits per heavy atom. The second kappa shape index (κ2) is 7.98. The van der Waals surface area contributed by atoms with E-state index in [0.717, 1.165) is 0 Å². The fourth-order valence-corrected chi connectivity index (χ4v) is 3.57. The molecule has 5 nitrogen and oxygen atoms in total. The second-order valence-corrected chi connectivity index (χ2v) is 10.3. The molecule has 0 saturated heterocycles. The summed E-state index contributed by atoms with van der Waals surface area (Å²) in [4.78, 5) is -2.24. The van der Waals surface area contributed by atoms with Gasteiger partial charge in [-0.15, -0.1) is 0 Å². The number of benzene rings is 2. The average Bonchev–Trinajstić information content (AvgIpc) is 2.60. The highest BCUT2D eigenvalue weighted by Gasteiger charge is 2.34. The van der Waals surface area contributed by atoms with Crippen LogP contribution in [0.1, 0.15) is 52.7 Å². The first-order chi connectivity index (χ1) is 13.9. The molecule has 0 heterocycles. The summed E-state index contributed by atoms with van der Waals surface area (Å²) < 4.78 is 102. The van der Waals surface area contributed by atoms with Crippen LogP contribution in [0, 0.1) is 23.3 Å². The molecule has 2 aromatic rings. The van der Waals surface area contributed by atoms with Crippen LogP contribution in [0.4, 0.5) is 17.6 Å². The third kappa shape index (κ3) is 4.79. The maximum absolute atomic E-state index is 14.6. The molecule has 10 heteroatoms. The van der Waals surface area contributed by atoms with Crippen LogP contribution in [0.15, 0.2) is 17.0 Å². The van der Waals surface area contributed by atoms with Gasteiger partial charge < -0.3 is 14.0 Å². The molecular weight excluding hydrogens is 440 g/mol. The zero-order valence-corrected chi connectivity index (χ0v) is 18.9. The summed E-state index contributed by atoms with van der Waals surface area (Å²) >= 11 is 0. The van der Waals surface area contributed by atoms with Crippen LogP contribution in [0.3, 0.4) is 0 Å². The summed E-state index contributed by atoms with van der Waals surface area (Å²) in [5.74, 6) is -10.1. The molecule has 0 unspecified atom stereocenters. The number of rotatable bonds is 4. The normalized spacial score (nSPS) is 12.8. The summed E-state index contributed by atoms with van der Waals surface area (Å²) in [5.41, 5.74) is -0.493. The lowest BCUT2D eigenvalue weighted by molar-refractivity contribution is 0.335. The molecule has 2 rings (SSSR count). The third-order valence-corrected chi connectivity index (χ3v) is 5.41. The minimum atomic E-state index is -5.82. The van der Waals surface area contributed by atoms with Crippen LogP contribution in [0.5, 0.6) is 17.2 Å². The zero-order valence-electron chi connectivity index (χ0n) is 18.1. The fraction of sp³-hybridized carbons (Fsp3) is 0.429. The van der Waals surface area contributed by atoms with Crippen molar-refractivity contribution in [2.24, 2.45) is 0 Å². The Morgan fingerprint density at radius 1 is 0.774 bits per heavy atom. The van der Waals surface area contributed by atoms with Crippen molar-refractivity contribution in [2.75, 3.05) is 7.11 Å².